The molecule has 0 aliphatic carbocycles. The van der Waals surface area contributed by atoms with Crippen LogP contribution in [-0.2, 0) is 10.1 Å². The van der Waals surface area contributed by atoms with Crippen LogP contribution in [-0.4, -0.2) is 17.3 Å². The van der Waals surface area contributed by atoms with Gasteiger partial charge in [0.25, 0.3) is 10.1 Å². The van der Waals surface area contributed by atoms with Crippen molar-refractivity contribution < 1.29 is 13.0 Å². The van der Waals surface area contributed by atoms with E-state index in [-0.39, 0.29) is 4.90 Å². The van der Waals surface area contributed by atoms with Crippen molar-refractivity contribution >= 4 is 37.6 Å². The molecule has 1 aromatic heterocycles. The van der Waals surface area contributed by atoms with E-state index in [1.807, 2.05) is 0 Å². The third-order valence-corrected chi connectivity index (χ3v) is 3.59. The second kappa shape index (κ2) is 3.16. The molecule has 0 spiro atoms. The second-order valence-electron chi connectivity index (χ2n) is 3.16. The third kappa shape index (κ3) is 1.69. The highest BCUT2D eigenvalue weighted by Crippen LogP contribution is 2.29. The zero-order valence-corrected chi connectivity index (χ0v) is 9.39. The van der Waals surface area contributed by atoms with E-state index >= 15 is 0 Å². The lowest BCUT2D eigenvalue weighted by Crippen LogP contribution is -1.98. The number of aryl methyl sites for hydroxylation is 1. The van der Waals surface area contributed by atoms with E-state index < -0.39 is 10.1 Å². The number of nitrogen functional groups attached to an aromatic ring is 1. The number of nitrogens with zero attached hydrogens (tertiary/aromatic N) is 1. The van der Waals surface area contributed by atoms with E-state index in [0.29, 0.717) is 21.5 Å². The fraction of sp³-hybridized carbons (Fsp3) is 0.125. The van der Waals surface area contributed by atoms with Gasteiger partial charge in [0.2, 0.25) is 0 Å². The van der Waals surface area contributed by atoms with Gasteiger partial charge in [0.05, 0.1) is 10.4 Å². The predicted molar refractivity (Wildman–Crippen MR) is 58.6 cm³/mol. The molecule has 3 N–H and O–H groups in total. The van der Waals surface area contributed by atoms with Gasteiger partial charge in [-0.05, 0) is 36.2 Å². The van der Waals surface area contributed by atoms with Gasteiger partial charge >= 0.3 is 0 Å². The molecule has 7 heteroatoms. The molecule has 0 radical (unpaired) electrons. The zero-order valence-electron chi connectivity index (χ0n) is 7.76. The van der Waals surface area contributed by atoms with Gasteiger partial charge in [0, 0.05) is 5.39 Å². The van der Waals surface area contributed by atoms with Crippen molar-refractivity contribution in [3.63, 3.8) is 0 Å². The summed E-state index contributed by atoms with van der Waals surface area (Å²) in [6.45, 7) is 1.72. The molecular weight excluding hydrogens is 236 g/mol. The van der Waals surface area contributed by atoms with Crippen molar-refractivity contribution in [2.24, 2.45) is 0 Å². The summed E-state index contributed by atoms with van der Waals surface area (Å²) in [6, 6.07) is 2.70. The van der Waals surface area contributed by atoms with Crippen molar-refractivity contribution in [2.75, 3.05) is 5.73 Å². The predicted octanol–water partition coefficient (Wildman–Crippen LogP) is 1.43. The quantitative estimate of drug-likeness (QED) is 0.740. The Kier molecular flexibility index (Phi) is 2.18. The van der Waals surface area contributed by atoms with E-state index in [9.17, 15) is 8.42 Å². The van der Waals surface area contributed by atoms with Crippen molar-refractivity contribution in [3.8, 4) is 0 Å². The Morgan fingerprint density at radius 2 is 2.13 bits per heavy atom. The fourth-order valence-corrected chi connectivity index (χ4v) is 2.63. The summed E-state index contributed by atoms with van der Waals surface area (Å²) in [5.74, 6) is 0. The Hall–Kier alpha value is -1.18. The van der Waals surface area contributed by atoms with Gasteiger partial charge in [-0.2, -0.15) is 12.8 Å². The SMILES string of the molecule is Cc1cc(S(=O)(=O)O)cc2c(N)snc12. The van der Waals surface area contributed by atoms with Gasteiger partial charge in [-0.1, -0.05) is 0 Å². The fourth-order valence-electron chi connectivity index (χ4n) is 1.35. The molecule has 0 saturated heterocycles. The Bertz CT molecular complexity index is 631. The number of fused-ring (bicyclic) bond motifs is 1. The molecule has 0 atom stereocenters. The smallest absolute Gasteiger partial charge is 0.294 e. The zero-order chi connectivity index (χ0) is 11.2. The topological polar surface area (TPSA) is 93.3 Å². The molecule has 1 aromatic carbocycles. The molecule has 2 aromatic rings. The Balaban J connectivity index is 2.88. The van der Waals surface area contributed by atoms with Gasteiger partial charge in [-0.3, -0.25) is 4.55 Å². The molecular formula is C8H8N2O3S2. The average molecular weight is 244 g/mol. The minimum absolute atomic E-state index is 0.153. The summed E-state index contributed by atoms with van der Waals surface area (Å²) in [4.78, 5) is -0.153. The summed E-state index contributed by atoms with van der Waals surface area (Å²) >= 11 is 1.10. The van der Waals surface area contributed by atoms with Gasteiger partial charge in [0.1, 0.15) is 5.00 Å². The van der Waals surface area contributed by atoms with Crippen LogP contribution in [0.5, 0.6) is 0 Å². The lowest BCUT2D eigenvalue weighted by atomic mass is 10.2. The van der Waals surface area contributed by atoms with Gasteiger partial charge in [0.15, 0.2) is 0 Å². The number of rotatable bonds is 1. The normalized spacial score (nSPS) is 12.1. The monoisotopic (exact) mass is 244 g/mol. The number of anilines is 1. The number of hydrogen-bond acceptors (Lipinski definition) is 5. The van der Waals surface area contributed by atoms with Gasteiger partial charge in [-0.25, -0.2) is 0 Å². The van der Waals surface area contributed by atoms with E-state index in [1.54, 1.807) is 6.92 Å². The van der Waals surface area contributed by atoms with Crippen molar-refractivity contribution in [1.82, 2.24) is 4.37 Å². The largest absolute Gasteiger partial charge is 0.389 e. The summed E-state index contributed by atoms with van der Waals surface area (Å²) in [6.07, 6.45) is 0. The second-order valence-corrected chi connectivity index (χ2v) is 5.38. The maximum absolute atomic E-state index is 11.0. The minimum Gasteiger partial charge on any atom is -0.389 e. The van der Waals surface area contributed by atoms with Crippen LogP contribution >= 0.6 is 11.5 Å². The number of benzene rings is 1. The molecule has 0 aliphatic rings. The third-order valence-electron chi connectivity index (χ3n) is 2.07. The lowest BCUT2D eigenvalue weighted by Gasteiger charge is -2.00. The van der Waals surface area contributed by atoms with E-state index in [4.69, 9.17) is 10.3 Å². The van der Waals surface area contributed by atoms with Crippen LogP contribution in [0.4, 0.5) is 5.00 Å². The van der Waals surface area contributed by atoms with Crippen molar-refractivity contribution in [1.29, 1.82) is 0 Å². The number of hydrogen-bond donors (Lipinski definition) is 2. The van der Waals surface area contributed by atoms with E-state index in [1.165, 1.54) is 12.1 Å². The highest BCUT2D eigenvalue weighted by atomic mass is 32.2. The maximum atomic E-state index is 11.0. The highest BCUT2D eigenvalue weighted by molar-refractivity contribution is 7.85. The van der Waals surface area contributed by atoms with E-state index in [2.05, 4.69) is 4.37 Å². The number of nitrogens with two attached hydrogens (primary N) is 1. The molecule has 0 amide bonds. The van der Waals surface area contributed by atoms with Crippen LogP contribution in [0.1, 0.15) is 5.56 Å². The molecule has 2 rings (SSSR count). The van der Waals surface area contributed by atoms with Crippen LogP contribution in [0, 0.1) is 6.92 Å². The van der Waals surface area contributed by atoms with Crippen LogP contribution in [0.15, 0.2) is 17.0 Å². The first-order valence-corrected chi connectivity index (χ1v) is 6.24. The molecule has 0 aliphatic heterocycles. The molecule has 5 nitrogen and oxygen atoms in total. The molecule has 80 valence electrons. The number of aromatic nitrogens is 1. The maximum Gasteiger partial charge on any atom is 0.294 e. The summed E-state index contributed by atoms with van der Waals surface area (Å²) in [5, 5.41) is 1.01. The highest BCUT2D eigenvalue weighted by Gasteiger charge is 2.14. The van der Waals surface area contributed by atoms with Crippen molar-refractivity contribution in [3.05, 3.63) is 17.7 Å². The Morgan fingerprint density at radius 3 is 2.73 bits per heavy atom. The molecule has 0 saturated carbocycles. The molecule has 1 heterocycles. The molecule has 0 bridgehead atoms. The van der Waals surface area contributed by atoms with Crippen LogP contribution < -0.4 is 5.73 Å². The summed E-state index contributed by atoms with van der Waals surface area (Å²) in [7, 11) is -4.19. The molecule has 0 fully saturated rings. The van der Waals surface area contributed by atoms with Gasteiger partial charge < -0.3 is 5.73 Å². The summed E-state index contributed by atoms with van der Waals surface area (Å²) < 4.78 is 34.9. The first-order chi connectivity index (χ1) is 6.89. The summed E-state index contributed by atoms with van der Waals surface area (Å²) in [5.41, 5.74) is 6.98. The van der Waals surface area contributed by atoms with Crippen molar-refractivity contribution in [2.45, 2.75) is 11.8 Å². The lowest BCUT2D eigenvalue weighted by molar-refractivity contribution is 0.483. The average Bonchev–Trinajstić information content (AvgIpc) is 2.47. The first-order valence-electron chi connectivity index (χ1n) is 4.02. The first kappa shape index (κ1) is 10.3. The molecule has 15 heavy (non-hydrogen) atoms. The van der Waals surface area contributed by atoms with Gasteiger partial charge in [-0.15, -0.1) is 0 Å². The van der Waals surface area contributed by atoms with Crippen LogP contribution in [0.2, 0.25) is 0 Å². The standard InChI is InChI=1S/C8H8N2O3S2/c1-4-2-5(15(11,12)13)3-6-7(4)10-14-8(6)9/h2-3H,9H2,1H3,(H,11,12,13). The van der Waals surface area contributed by atoms with Crippen LogP contribution in [0.25, 0.3) is 10.9 Å². The molecule has 0 unspecified atom stereocenters. The Labute approximate surface area is 90.4 Å². The van der Waals surface area contributed by atoms with E-state index in [0.717, 1.165) is 11.5 Å². The van der Waals surface area contributed by atoms with Crippen LogP contribution in [0.3, 0.4) is 0 Å². The minimum atomic E-state index is -4.19. The Morgan fingerprint density at radius 1 is 1.47 bits per heavy atom.